The minimum absolute atomic E-state index is 0.0261. The summed E-state index contributed by atoms with van der Waals surface area (Å²) in [7, 11) is -2.88. The van der Waals surface area contributed by atoms with E-state index in [-0.39, 0.29) is 27.1 Å². The number of sulfonamides is 1. The quantitative estimate of drug-likeness (QED) is 0.294. The van der Waals surface area contributed by atoms with Crippen molar-refractivity contribution in [1.82, 2.24) is 19.4 Å². The van der Waals surface area contributed by atoms with Gasteiger partial charge in [0.1, 0.15) is 10.7 Å². The number of ether oxygens (including phenoxy) is 1. The third kappa shape index (κ3) is 3.88. The molecule has 24 heavy (non-hydrogen) atoms. The Morgan fingerprint density at radius 3 is 2.58 bits per heavy atom. The number of carbonyl (C=O) groups excluding carboxylic acids is 1. The number of hydrogen-bond donors (Lipinski definition) is 2. The summed E-state index contributed by atoms with van der Waals surface area (Å²) in [5, 5.41) is 2.19. The highest BCUT2D eigenvalue weighted by atomic mass is 127. The van der Waals surface area contributed by atoms with Crippen molar-refractivity contribution in [1.29, 1.82) is 0 Å². The molecule has 0 aliphatic rings. The maximum Gasteiger partial charge on any atom is 0.352 e. The Labute approximate surface area is 151 Å². The lowest BCUT2D eigenvalue weighted by Crippen LogP contribution is -2.45. The second-order valence-corrected chi connectivity index (χ2v) is 7.30. The van der Waals surface area contributed by atoms with Gasteiger partial charge >= 0.3 is 12.0 Å². The number of nitrogens with zero attached hydrogens (tertiary/aromatic N) is 4. The molecular weight excluding hydrogens is 451 g/mol. The van der Waals surface area contributed by atoms with Crippen LogP contribution in [0.25, 0.3) is 0 Å². The van der Waals surface area contributed by atoms with Gasteiger partial charge < -0.3 is 4.74 Å². The van der Waals surface area contributed by atoms with Crippen molar-refractivity contribution in [3.05, 3.63) is 33.7 Å². The highest BCUT2D eigenvalue weighted by Gasteiger charge is 2.29. The van der Waals surface area contributed by atoms with E-state index in [0.717, 1.165) is 0 Å². The van der Waals surface area contributed by atoms with E-state index in [4.69, 9.17) is 10.6 Å². The molecule has 0 saturated carbocycles. The third-order valence-corrected chi connectivity index (χ3v) is 5.60. The Bertz CT molecular complexity index is 876. The summed E-state index contributed by atoms with van der Waals surface area (Å²) in [6.07, 6.45) is 0. The number of hydrazine groups is 1. The number of halogens is 1. The summed E-state index contributed by atoms with van der Waals surface area (Å²) in [5.74, 6) is 5.58. The van der Waals surface area contributed by atoms with Crippen molar-refractivity contribution in [2.24, 2.45) is 5.84 Å². The van der Waals surface area contributed by atoms with Crippen LogP contribution in [0.2, 0.25) is 0 Å². The minimum atomic E-state index is -4.23. The van der Waals surface area contributed by atoms with Gasteiger partial charge in [-0.3, -0.25) is 5.32 Å². The largest absolute Gasteiger partial charge is 0.467 e. The molecular formula is C12H13IN6O4S. The standard InChI is InChI=1S/C12H13IN6O4S/c1-7-15-10(17-11(16-7)23-2)18-12(20)19(14)24(21,22)9-6-4-3-5-8(9)13/h3-6H,14H2,1-2H3,(H,15,16,17,18,20). The molecule has 2 aromatic rings. The van der Waals surface area contributed by atoms with Crippen LogP contribution in [0.3, 0.4) is 0 Å². The zero-order valence-corrected chi connectivity index (χ0v) is 15.6. The molecule has 2 amide bonds. The average molecular weight is 464 g/mol. The van der Waals surface area contributed by atoms with E-state index in [9.17, 15) is 13.2 Å². The summed E-state index contributed by atoms with van der Waals surface area (Å²) in [6, 6.07) is 4.98. The molecule has 0 aliphatic carbocycles. The summed E-state index contributed by atoms with van der Waals surface area (Å²) in [4.78, 5) is 23.5. The lowest BCUT2D eigenvalue weighted by molar-refractivity contribution is 0.236. The van der Waals surface area contributed by atoms with E-state index < -0.39 is 16.1 Å². The van der Waals surface area contributed by atoms with Gasteiger partial charge in [0, 0.05) is 3.57 Å². The molecule has 128 valence electrons. The molecule has 2 rings (SSSR count). The Balaban J connectivity index is 2.27. The summed E-state index contributed by atoms with van der Waals surface area (Å²) in [6.45, 7) is 1.56. The lowest BCUT2D eigenvalue weighted by Gasteiger charge is -2.17. The van der Waals surface area contributed by atoms with E-state index in [1.165, 1.54) is 19.2 Å². The fourth-order valence-electron chi connectivity index (χ4n) is 1.62. The first kappa shape index (κ1) is 18.3. The van der Waals surface area contributed by atoms with Crippen LogP contribution in [0, 0.1) is 10.5 Å². The second-order valence-electron chi connectivity index (χ2n) is 4.35. The highest BCUT2D eigenvalue weighted by Crippen LogP contribution is 2.20. The van der Waals surface area contributed by atoms with Crippen molar-refractivity contribution in [2.45, 2.75) is 11.8 Å². The smallest absolute Gasteiger partial charge is 0.352 e. The number of urea groups is 1. The summed E-state index contributed by atoms with van der Waals surface area (Å²) in [5.41, 5.74) is 0. The van der Waals surface area contributed by atoms with E-state index in [1.807, 2.05) is 22.6 Å². The van der Waals surface area contributed by atoms with Gasteiger partial charge in [-0.25, -0.2) is 10.6 Å². The number of aromatic nitrogens is 3. The van der Waals surface area contributed by atoms with Gasteiger partial charge in [-0.2, -0.15) is 23.4 Å². The van der Waals surface area contributed by atoms with Gasteiger partial charge in [-0.1, -0.05) is 12.1 Å². The molecule has 1 aromatic carbocycles. The fraction of sp³-hybridized carbons (Fsp3) is 0.167. The molecule has 0 aliphatic heterocycles. The molecule has 0 unspecified atom stereocenters. The normalized spacial score (nSPS) is 11.0. The number of benzene rings is 1. The summed E-state index contributed by atoms with van der Waals surface area (Å²) < 4.78 is 30.2. The highest BCUT2D eigenvalue weighted by molar-refractivity contribution is 14.1. The lowest BCUT2D eigenvalue weighted by atomic mass is 10.4. The van der Waals surface area contributed by atoms with Gasteiger partial charge in [0.25, 0.3) is 10.0 Å². The first-order valence-electron chi connectivity index (χ1n) is 6.38. The minimum Gasteiger partial charge on any atom is -0.467 e. The maximum atomic E-state index is 12.4. The molecule has 3 N–H and O–H groups in total. The molecule has 10 nitrogen and oxygen atoms in total. The molecule has 1 heterocycles. The number of nitrogens with one attached hydrogen (secondary N) is 1. The Kier molecular flexibility index (Phi) is 5.51. The predicted octanol–water partition coefficient (Wildman–Crippen LogP) is 0.890. The number of rotatable bonds is 4. The molecule has 0 spiro atoms. The zero-order chi connectivity index (χ0) is 17.9. The predicted molar refractivity (Wildman–Crippen MR) is 92.5 cm³/mol. The van der Waals surface area contributed by atoms with Crippen LogP contribution in [0.5, 0.6) is 6.01 Å². The fourth-order valence-corrected chi connectivity index (χ4v) is 3.89. The van der Waals surface area contributed by atoms with Gasteiger partial charge in [0.2, 0.25) is 5.95 Å². The number of nitrogens with two attached hydrogens (primary N) is 1. The monoisotopic (exact) mass is 464 g/mol. The third-order valence-electron chi connectivity index (χ3n) is 2.70. The maximum absolute atomic E-state index is 12.4. The van der Waals surface area contributed by atoms with E-state index in [2.05, 4.69) is 20.3 Å². The summed E-state index contributed by atoms with van der Waals surface area (Å²) >= 11 is 1.84. The van der Waals surface area contributed by atoms with Crippen LogP contribution in [-0.2, 0) is 10.0 Å². The number of anilines is 1. The van der Waals surface area contributed by atoms with Gasteiger partial charge in [-0.15, -0.1) is 4.41 Å². The number of amides is 2. The van der Waals surface area contributed by atoms with E-state index in [1.54, 1.807) is 19.1 Å². The van der Waals surface area contributed by atoms with Crippen LogP contribution >= 0.6 is 22.6 Å². The van der Waals surface area contributed by atoms with Crippen LogP contribution < -0.4 is 15.9 Å². The van der Waals surface area contributed by atoms with Gasteiger partial charge in [-0.05, 0) is 41.6 Å². The van der Waals surface area contributed by atoms with Crippen molar-refractivity contribution in [3.8, 4) is 6.01 Å². The number of aryl methyl sites for hydroxylation is 1. The second kappa shape index (κ2) is 7.23. The van der Waals surface area contributed by atoms with E-state index in [0.29, 0.717) is 3.57 Å². The number of carbonyl (C=O) groups is 1. The topological polar surface area (TPSA) is 140 Å². The Hall–Kier alpha value is -2.06. The van der Waals surface area contributed by atoms with Crippen LogP contribution in [0.4, 0.5) is 10.7 Å². The first-order valence-corrected chi connectivity index (χ1v) is 8.90. The molecule has 0 saturated heterocycles. The molecule has 0 fully saturated rings. The Morgan fingerprint density at radius 1 is 1.29 bits per heavy atom. The molecule has 0 bridgehead atoms. The zero-order valence-electron chi connectivity index (χ0n) is 12.6. The number of methoxy groups -OCH3 is 1. The van der Waals surface area contributed by atoms with Crippen LogP contribution in [-0.4, -0.2) is 40.9 Å². The van der Waals surface area contributed by atoms with Crippen LogP contribution in [0.15, 0.2) is 29.2 Å². The van der Waals surface area contributed by atoms with Gasteiger partial charge in [0.15, 0.2) is 0 Å². The first-order chi connectivity index (χ1) is 11.3. The SMILES string of the molecule is COc1nc(C)nc(NC(=O)N(N)S(=O)(=O)c2ccccc2I)n1. The van der Waals surface area contributed by atoms with Crippen molar-refractivity contribution in [3.63, 3.8) is 0 Å². The van der Waals surface area contributed by atoms with Crippen molar-refractivity contribution >= 4 is 44.6 Å². The molecule has 0 atom stereocenters. The molecule has 12 heteroatoms. The average Bonchev–Trinajstić information content (AvgIpc) is 2.53. The molecule has 0 radical (unpaired) electrons. The Morgan fingerprint density at radius 2 is 1.96 bits per heavy atom. The van der Waals surface area contributed by atoms with Crippen molar-refractivity contribution < 1.29 is 17.9 Å². The van der Waals surface area contributed by atoms with Gasteiger partial charge in [0.05, 0.1) is 7.11 Å². The number of hydrogen-bond acceptors (Lipinski definition) is 8. The van der Waals surface area contributed by atoms with Crippen LogP contribution in [0.1, 0.15) is 5.82 Å². The van der Waals surface area contributed by atoms with Crippen molar-refractivity contribution in [2.75, 3.05) is 12.4 Å². The molecule has 1 aromatic heterocycles. The van der Waals surface area contributed by atoms with E-state index >= 15 is 0 Å².